The molecule has 0 saturated carbocycles. The molecule has 114 valence electrons. The first-order valence-electron chi connectivity index (χ1n) is 6.86. The van der Waals surface area contributed by atoms with E-state index < -0.39 is 0 Å². The smallest absolute Gasteiger partial charge is 0.234 e. The molecule has 5 nitrogen and oxygen atoms in total. The van der Waals surface area contributed by atoms with E-state index in [-0.39, 0.29) is 36.5 Å². The van der Waals surface area contributed by atoms with Crippen molar-refractivity contribution in [2.75, 3.05) is 26.7 Å². The Kier molecular flexibility index (Phi) is 9.35. The predicted molar refractivity (Wildman–Crippen MR) is 79.6 cm³/mol. The monoisotopic (exact) mass is 293 g/mol. The summed E-state index contributed by atoms with van der Waals surface area (Å²) in [5.74, 6) is 0.0960. The van der Waals surface area contributed by atoms with Crippen molar-refractivity contribution in [1.82, 2.24) is 10.2 Å². The van der Waals surface area contributed by atoms with Gasteiger partial charge >= 0.3 is 0 Å². The number of nitrogens with two attached hydrogens (primary N) is 1. The molecule has 0 spiro atoms. The summed E-state index contributed by atoms with van der Waals surface area (Å²) in [5.41, 5.74) is 5.78. The second kappa shape index (κ2) is 9.53. The normalized spacial score (nSPS) is 25.5. The zero-order chi connectivity index (χ0) is 13.5. The van der Waals surface area contributed by atoms with E-state index >= 15 is 0 Å². The highest BCUT2D eigenvalue weighted by atomic mass is 35.5. The van der Waals surface area contributed by atoms with Gasteiger partial charge in [-0.05, 0) is 26.2 Å². The van der Waals surface area contributed by atoms with Gasteiger partial charge in [-0.15, -0.1) is 12.4 Å². The minimum Gasteiger partial charge on any atom is -0.381 e. The van der Waals surface area contributed by atoms with E-state index in [4.69, 9.17) is 10.5 Å². The van der Waals surface area contributed by atoms with E-state index in [2.05, 4.69) is 17.1 Å². The fourth-order valence-electron chi connectivity index (χ4n) is 2.34. The number of nitrogens with zero attached hydrogens (tertiary/aromatic N) is 1. The number of halogens is 1. The summed E-state index contributed by atoms with van der Waals surface area (Å²) in [5, 5.41) is 2.99. The largest absolute Gasteiger partial charge is 0.381 e. The molecule has 1 rings (SSSR count). The van der Waals surface area contributed by atoms with Crippen LogP contribution in [0.25, 0.3) is 0 Å². The van der Waals surface area contributed by atoms with Gasteiger partial charge in [-0.2, -0.15) is 0 Å². The molecule has 0 aliphatic carbocycles. The summed E-state index contributed by atoms with van der Waals surface area (Å²) in [7, 11) is 1.74. The molecule has 1 saturated heterocycles. The van der Waals surface area contributed by atoms with Crippen LogP contribution in [0.15, 0.2) is 0 Å². The van der Waals surface area contributed by atoms with Crippen LogP contribution in [-0.2, 0) is 9.53 Å². The van der Waals surface area contributed by atoms with Crippen molar-refractivity contribution in [3.05, 3.63) is 0 Å². The van der Waals surface area contributed by atoms with Crippen molar-refractivity contribution in [1.29, 1.82) is 0 Å². The van der Waals surface area contributed by atoms with Crippen LogP contribution < -0.4 is 11.1 Å². The molecule has 0 bridgehead atoms. The first-order valence-corrected chi connectivity index (χ1v) is 6.86. The highest BCUT2D eigenvalue weighted by molar-refractivity contribution is 5.85. The molecule has 3 atom stereocenters. The molecule has 3 unspecified atom stereocenters. The average Bonchev–Trinajstić information content (AvgIpc) is 2.38. The van der Waals surface area contributed by atoms with Crippen molar-refractivity contribution < 1.29 is 9.53 Å². The average molecular weight is 294 g/mol. The second-order valence-electron chi connectivity index (χ2n) is 5.12. The van der Waals surface area contributed by atoms with Crippen LogP contribution in [0.5, 0.6) is 0 Å². The molecule has 19 heavy (non-hydrogen) atoms. The van der Waals surface area contributed by atoms with Crippen molar-refractivity contribution in [3.8, 4) is 0 Å². The highest BCUT2D eigenvalue weighted by Gasteiger charge is 2.28. The van der Waals surface area contributed by atoms with Gasteiger partial charge < -0.3 is 15.8 Å². The van der Waals surface area contributed by atoms with Crippen LogP contribution in [-0.4, -0.2) is 55.7 Å². The van der Waals surface area contributed by atoms with Gasteiger partial charge in [0.25, 0.3) is 0 Å². The fraction of sp³-hybridized carbons (Fsp3) is 0.923. The van der Waals surface area contributed by atoms with Crippen molar-refractivity contribution in [3.63, 3.8) is 0 Å². The van der Waals surface area contributed by atoms with Gasteiger partial charge in [0.1, 0.15) is 0 Å². The van der Waals surface area contributed by atoms with E-state index in [9.17, 15) is 4.79 Å². The van der Waals surface area contributed by atoms with Gasteiger partial charge in [-0.3, -0.25) is 9.69 Å². The Bertz CT molecular complexity index is 266. The van der Waals surface area contributed by atoms with Crippen LogP contribution in [0, 0.1) is 0 Å². The lowest BCUT2D eigenvalue weighted by atomic mass is 9.99. The SMILES string of the molecule is CCC(C)NC(=O)CN1CCC(OC)CC1CN.Cl. The third-order valence-corrected chi connectivity index (χ3v) is 3.76. The molecule has 1 heterocycles. The van der Waals surface area contributed by atoms with Crippen LogP contribution in [0.2, 0.25) is 0 Å². The van der Waals surface area contributed by atoms with E-state index in [0.717, 1.165) is 25.8 Å². The molecule has 1 aliphatic rings. The van der Waals surface area contributed by atoms with Gasteiger partial charge in [0.15, 0.2) is 0 Å². The number of carbonyl (C=O) groups is 1. The van der Waals surface area contributed by atoms with E-state index in [1.165, 1.54) is 0 Å². The molecule has 3 N–H and O–H groups in total. The minimum atomic E-state index is 0. The van der Waals surface area contributed by atoms with Gasteiger partial charge in [0, 0.05) is 32.3 Å². The molecule has 1 fully saturated rings. The van der Waals surface area contributed by atoms with Gasteiger partial charge in [0.05, 0.1) is 12.6 Å². The zero-order valence-corrected chi connectivity index (χ0v) is 13.0. The maximum atomic E-state index is 11.9. The Labute approximate surface area is 122 Å². The van der Waals surface area contributed by atoms with Gasteiger partial charge in [-0.1, -0.05) is 6.92 Å². The number of rotatable bonds is 6. The Balaban J connectivity index is 0.00000324. The Morgan fingerprint density at radius 3 is 2.79 bits per heavy atom. The zero-order valence-electron chi connectivity index (χ0n) is 12.2. The van der Waals surface area contributed by atoms with Gasteiger partial charge in [0.2, 0.25) is 5.91 Å². The Morgan fingerprint density at radius 2 is 2.26 bits per heavy atom. The predicted octanol–water partition coefficient (Wildman–Crippen LogP) is 0.761. The maximum absolute atomic E-state index is 11.9. The highest BCUT2D eigenvalue weighted by Crippen LogP contribution is 2.18. The Morgan fingerprint density at radius 1 is 1.58 bits per heavy atom. The first kappa shape index (κ1) is 18.6. The standard InChI is InChI=1S/C13H27N3O2.ClH/c1-4-10(2)15-13(17)9-16-6-5-12(18-3)7-11(16)8-14;/h10-12H,4-9,14H2,1-3H3,(H,15,17);1H. The fourth-order valence-corrected chi connectivity index (χ4v) is 2.34. The van der Waals surface area contributed by atoms with Crippen molar-refractivity contribution >= 4 is 18.3 Å². The second-order valence-corrected chi connectivity index (χ2v) is 5.12. The van der Waals surface area contributed by atoms with E-state index in [1.807, 2.05) is 6.92 Å². The number of amides is 1. The number of nitrogens with one attached hydrogen (secondary N) is 1. The molecular weight excluding hydrogens is 266 g/mol. The molecular formula is C13H28ClN3O2. The van der Waals surface area contributed by atoms with Crippen LogP contribution in [0.4, 0.5) is 0 Å². The van der Waals surface area contributed by atoms with Crippen LogP contribution in [0.1, 0.15) is 33.1 Å². The quantitative estimate of drug-likeness (QED) is 0.759. The number of piperidine rings is 1. The lowest BCUT2D eigenvalue weighted by Gasteiger charge is -2.38. The molecule has 0 aromatic rings. The topological polar surface area (TPSA) is 67.6 Å². The minimum absolute atomic E-state index is 0. The van der Waals surface area contributed by atoms with Crippen molar-refractivity contribution in [2.45, 2.75) is 51.3 Å². The number of carbonyl (C=O) groups excluding carboxylic acids is 1. The number of ether oxygens (including phenoxy) is 1. The Hall–Kier alpha value is -0.360. The third kappa shape index (κ3) is 6.08. The number of hydrogen-bond donors (Lipinski definition) is 2. The molecule has 1 aliphatic heterocycles. The lowest BCUT2D eigenvalue weighted by molar-refractivity contribution is -0.124. The summed E-state index contributed by atoms with van der Waals surface area (Å²) < 4.78 is 5.38. The van der Waals surface area contributed by atoms with Crippen LogP contribution in [0.3, 0.4) is 0 Å². The number of hydrogen-bond acceptors (Lipinski definition) is 4. The molecule has 1 amide bonds. The lowest BCUT2D eigenvalue weighted by Crippen LogP contribution is -2.52. The summed E-state index contributed by atoms with van der Waals surface area (Å²) in [6, 6.07) is 0.497. The molecule has 0 radical (unpaired) electrons. The molecule has 0 aromatic carbocycles. The maximum Gasteiger partial charge on any atom is 0.234 e. The summed E-state index contributed by atoms with van der Waals surface area (Å²) in [4.78, 5) is 14.0. The van der Waals surface area contributed by atoms with Gasteiger partial charge in [-0.25, -0.2) is 0 Å². The summed E-state index contributed by atoms with van der Waals surface area (Å²) >= 11 is 0. The van der Waals surface area contributed by atoms with Crippen molar-refractivity contribution in [2.24, 2.45) is 5.73 Å². The van der Waals surface area contributed by atoms with E-state index in [0.29, 0.717) is 13.1 Å². The molecule has 0 aromatic heterocycles. The summed E-state index contributed by atoms with van der Waals surface area (Å²) in [6.07, 6.45) is 3.14. The van der Waals surface area contributed by atoms with E-state index in [1.54, 1.807) is 7.11 Å². The first-order chi connectivity index (χ1) is 8.60. The number of methoxy groups -OCH3 is 1. The summed E-state index contributed by atoms with van der Waals surface area (Å²) in [6.45, 7) is 6.00. The molecule has 6 heteroatoms. The third-order valence-electron chi connectivity index (χ3n) is 3.76. The van der Waals surface area contributed by atoms with Crippen LogP contribution >= 0.6 is 12.4 Å². The number of likely N-dealkylation sites (tertiary alicyclic amines) is 1.